The number of nitrogens with one attached hydrogen (secondary N) is 1. The summed E-state index contributed by atoms with van der Waals surface area (Å²) in [6.07, 6.45) is 2.35. The molecule has 0 spiro atoms. The first-order valence-corrected chi connectivity index (χ1v) is 3.53. The molecule has 0 aliphatic rings. The summed E-state index contributed by atoms with van der Waals surface area (Å²) in [7, 11) is 0. The van der Waals surface area contributed by atoms with Crippen molar-refractivity contribution in [3.63, 3.8) is 0 Å². The topological polar surface area (TPSA) is 70.6 Å². The van der Waals surface area contributed by atoms with Crippen molar-refractivity contribution in [1.82, 2.24) is 5.32 Å². The minimum Gasteiger partial charge on any atom is -0.409 e. The smallest absolute Gasteiger partial charge is 0.140 e. The van der Waals surface area contributed by atoms with Crippen molar-refractivity contribution in [3.05, 3.63) is 12.7 Å². The van der Waals surface area contributed by atoms with Gasteiger partial charge in [0.25, 0.3) is 0 Å². The summed E-state index contributed by atoms with van der Waals surface area (Å²) in [6.45, 7) is 6.29. The first-order chi connectivity index (χ1) is 5.20. The maximum atomic E-state index is 8.17. The second-order valence-corrected chi connectivity index (χ2v) is 2.32. The van der Waals surface area contributed by atoms with Gasteiger partial charge in [0.05, 0.1) is 0 Å². The van der Waals surface area contributed by atoms with Crippen LogP contribution in [-0.4, -0.2) is 23.6 Å². The summed E-state index contributed by atoms with van der Waals surface area (Å²) >= 11 is 0. The van der Waals surface area contributed by atoms with Crippen molar-refractivity contribution >= 4 is 5.84 Å². The maximum Gasteiger partial charge on any atom is 0.140 e. The van der Waals surface area contributed by atoms with Crippen molar-refractivity contribution < 1.29 is 5.21 Å². The third-order valence-electron chi connectivity index (χ3n) is 1.33. The van der Waals surface area contributed by atoms with Gasteiger partial charge in [-0.2, -0.15) is 0 Å². The van der Waals surface area contributed by atoms with Crippen LogP contribution >= 0.6 is 0 Å². The molecule has 0 rings (SSSR count). The van der Waals surface area contributed by atoms with Crippen LogP contribution in [0.1, 0.15) is 13.3 Å². The van der Waals surface area contributed by atoms with Crippen LogP contribution in [0, 0.1) is 0 Å². The monoisotopic (exact) mass is 157 g/mol. The average Bonchev–Trinajstić information content (AvgIpc) is 2.04. The van der Waals surface area contributed by atoms with E-state index >= 15 is 0 Å². The van der Waals surface area contributed by atoms with E-state index in [1.54, 1.807) is 6.08 Å². The Kier molecular flexibility index (Phi) is 5.20. The van der Waals surface area contributed by atoms with E-state index in [1.807, 2.05) is 6.92 Å². The SMILES string of the molecule is C=CC(C)NCC/C(N)=N/O. The molecule has 0 aromatic heterocycles. The van der Waals surface area contributed by atoms with Gasteiger partial charge in [-0.25, -0.2) is 0 Å². The minimum absolute atomic E-state index is 0.244. The molecule has 0 heterocycles. The molecular formula is C7H15N3O. The Labute approximate surface area is 66.8 Å². The average molecular weight is 157 g/mol. The summed E-state index contributed by atoms with van der Waals surface area (Å²) in [6, 6.07) is 0.265. The minimum atomic E-state index is 0.244. The lowest BCUT2D eigenvalue weighted by molar-refractivity contribution is 0.316. The summed E-state index contributed by atoms with van der Waals surface area (Å²) in [4.78, 5) is 0. The fourth-order valence-corrected chi connectivity index (χ4v) is 0.561. The highest BCUT2D eigenvalue weighted by molar-refractivity contribution is 5.79. The zero-order valence-corrected chi connectivity index (χ0v) is 6.75. The summed E-state index contributed by atoms with van der Waals surface area (Å²) in [5.74, 6) is 0.244. The Morgan fingerprint density at radius 3 is 3.00 bits per heavy atom. The van der Waals surface area contributed by atoms with Crippen LogP contribution < -0.4 is 11.1 Å². The van der Waals surface area contributed by atoms with E-state index in [4.69, 9.17) is 10.9 Å². The molecule has 11 heavy (non-hydrogen) atoms. The van der Waals surface area contributed by atoms with Crippen molar-refractivity contribution in [1.29, 1.82) is 0 Å². The van der Waals surface area contributed by atoms with Gasteiger partial charge in [-0.05, 0) is 6.92 Å². The Hall–Kier alpha value is -1.03. The molecule has 4 nitrogen and oxygen atoms in total. The van der Waals surface area contributed by atoms with Gasteiger partial charge < -0.3 is 16.3 Å². The van der Waals surface area contributed by atoms with Gasteiger partial charge in [0.2, 0.25) is 0 Å². The zero-order valence-electron chi connectivity index (χ0n) is 6.75. The molecule has 1 unspecified atom stereocenters. The standard InChI is InChI=1S/C7H15N3O/c1-3-6(2)9-5-4-7(8)10-11/h3,6,9,11H,1,4-5H2,2H3,(H2,8,10). The van der Waals surface area contributed by atoms with Gasteiger partial charge in [-0.3, -0.25) is 0 Å². The number of hydrogen-bond acceptors (Lipinski definition) is 3. The van der Waals surface area contributed by atoms with Crippen LogP contribution in [0.3, 0.4) is 0 Å². The lowest BCUT2D eigenvalue weighted by Crippen LogP contribution is -2.28. The van der Waals surface area contributed by atoms with E-state index in [1.165, 1.54) is 0 Å². The summed E-state index contributed by atoms with van der Waals surface area (Å²) in [5.41, 5.74) is 5.23. The van der Waals surface area contributed by atoms with E-state index in [2.05, 4.69) is 17.1 Å². The zero-order chi connectivity index (χ0) is 8.69. The lowest BCUT2D eigenvalue weighted by Gasteiger charge is -2.07. The number of rotatable bonds is 5. The van der Waals surface area contributed by atoms with Crippen LogP contribution in [0.5, 0.6) is 0 Å². The van der Waals surface area contributed by atoms with Gasteiger partial charge >= 0.3 is 0 Å². The molecule has 0 saturated heterocycles. The molecule has 4 heteroatoms. The number of amidine groups is 1. The Bertz CT molecular complexity index is 145. The molecule has 64 valence electrons. The quantitative estimate of drug-likeness (QED) is 0.176. The van der Waals surface area contributed by atoms with Crippen LogP contribution in [-0.2, 0) is 0 Å². The fourth-order valence-electron chi connectivity index (χ4n) is 0.561. The van der Waals surface area contributed by atoms with Crippen LogP contribution in [0.4, 0.5) is 0 Å². The van der Waals surface area contributed by atoms with Crippen molar-refractivity contribution in [2.45, 2.75) is 19.4 Å². The number of hydrogen-bond donors (Lipinski definition) is 3. The molecule has 0 aromatic rings. The Morgan fingerprint density at radius 2 is 2.55 bits per heavy atom. The maximum absolute atomic E-state index is 8.17. The molecule has 4 N–H and O–H groups in total. The predicted octanol–water partition coefficient (Wildman–Crippen LogP) is 0.287. The first kappa shape index (κ1) is 9.97. The Balaban J connectivity index is 3.34. The molecule has 0 fully saturated rings. The molecule has 0 aliphatic heterocycles. The third kappa shape index (κ3) is 5.42. The van der Waals surface area contributed by atoms with Crippen molar-refractivity contribution in [2.24, 2.45) is 10.9 Å². The van der Waals surface area contributed by atoms with E-state index < -0.39 is 0 Å². The molecule has 0 aromatic carbocycles. The molecule has 1 atom stereocenters. The third-order valence-corrected chi connectivity index (χ3v) is 1.33. The Morgan fingerprint density at radius 1 is 1.91 bits per heavy atom. The van der Waals surface area contributed by atoms with Crippen LogP contribution in [0.2, 0.25) is 0 Å². The summed E-state index contributed by atoms with van der Waals surface area (Å²) in [5, 5.41) is 14.1. The number of nitrogens with zero attached hydrogens (tertiary/aromatic N) is 1. The van der Waals surface area contributed by atoms with Gasteiger partial charge in [-0.1, -0.05) is 11.2 Å². The van der Waals surface area contributed by atoms with E-state index in [0.29, 0.717) is 13.0 Å². The summed E-state index contributed by atoms with van der Waals surface area (Å²) < 4.78 is 0. The van der Waals surface area contributed by atoms with E-state index in [0.717, 1.165) is 0 Å². The van der Waals surface area contributed by atoms with Gasteiger partial charge in [-0.15, -0.1) is 6.58 Å². The normalized spacial score (nSPS) is 14.5. The predicted molar refractivity (Wildman–Crippen MR) is 45.7 cm³/mol. The molecule has 0 bridgehead atoms. The molecule has 0 aliphatic carbocycles. The van der Waals surface area contributed by atoms with Crippen molar-refractivity contribution in [3.8, 4) is 0 Å². The highest BCUT2D eigenvalue weighted by atomic mass is 16.4. The fraction of sp³-hybridized carbons (Fsp3) is 0.571. The van der Waals surface area contributed by atoms with E-state index in [9.17, 15) is 0 Å². The largest absolute Gasteiger partial charge is 0.409 e. The van der Waals surface area contributed by atoms with Gasteiger partial charge in [0, 0.05) is 19.0 Å². The highest BCUT2D eigenvalue weighted by Gasteiger charge is 1.95. The molecule has 0 saturated carbocycles. The molecular weight excluding hydrogens is 142 g/mol. The molecule has 0 amide bonds. The van der Waals surface area contributed by atoms with Crippen LogP contribution in [0.25, 0.3) is 0 Å². The van der Waals surface area contributed by atoms with Gasteiger partial charge in [0.1, 0.15) is 5.84 Å². The second-order valence-electron chi connectivity index (χ2n) is 2.32. The highest BCUT2D eigenvalue weighted by Crippen LogP contribution is 1.82. The second kappa shape index (κ2) is 5.73. The lowest BCUT2D eigenvalue weighted by atomic mass is 10.3. The number of oxime groups is 1. The van der Waals surface area contributed by atoms with Gasteiger partial charge in [0.15, 0.2) is 0 Å². The van der Waals surface area contributed by atoms with E-state index in [-0.39, 0.29) is 11.9 Å². The molecule has 0 radical (unpaired) electrons. The first-order valence-electron chi connectivity index (χ1n) is 3.53. The van der Waals surface area contributed by atoms with Crippen LogP contribution in [0.15, 0.2) is 17.8 Å². The van der Waals surface area contributed by atoms with Crippen molar-refractivity contribution in [2.75, 3.05) is 6.54 Å². The number of nitrogens with two attached hydrogens (primary N) is 1.